The van der Waals surface area contributed by atoms with Crippen molar-refractivity contribution in [2.45, 2.75) is 6.54 Å². The Bertz CT molecular complexity index is 245. The molecule has 1 rings (SSSR count). The van der Waals surface area contributed by atoms with E-state index in [-0.39, 0.29) is 0 Å². The van der Waals surface area contributed by atoms with Gasteiger partial charge in [0.05, 0.1) is 22.8 Å². The van der Waals surface area contributed by atoms with Gasteiger partial charge in [0, 0.05) is 6.20 Å². The minimum absolute atomic E-state index is 0.403. The van der Waals surface area contributed by atoms with Crippen LogP contribution >= 0.6 is 23.8 Å². The molecule has 10 heavy (non-hydrogen) atoms. The van der Waals surface area contributed by atoms with Crippen molar-refractivity contribution < 1.29 is 0 Å². The predicted molar refractivity (Wildman–Crippen MR) is 44.0 cm³/mol. The highest BCUT2D eigenvalue weighted by atomic mass is 35.5. The summed E-state index contributed by atoms with van der Waals surface area (Å²) in [5.74, 6) is 0. The molecule has 0 bridgehead atoms. The van der Waals surface area contributed by atoms with Gasteiger partial charge in [-0.3, -0.25) is 4.68 Å². The van der Waals surface area contributed by atoms with Crippen molar-refractivity contribution in [3.8, 4) is 0 Å². The van der Waals surface area contributed by atoms with Crippen molar-refractivity contribution in [2.24, 2.45) is 5.73 Å². The lowest BCUT2D eigenvalue weighted by Gasteiger charge is -1.95. The first kappa shape index (κ1) is 7.50. The van der Waals surface area contributed by atoms with Crippen molar-refractivity contribution >= 4 is 28.8 Å². The smallest absolute Gasteiger partial charge is 0.0945 e. The summed E-state index contributed by atoms with van der Waals surface area (Å²) < 4.78 is 1.59. The van der Waals surface area contributed by atoms with E-state index in [1.165, 1.54) is 0 Å². The topological polar surface area (TPSA) is 43.8 Å². The van der Waals surface area contributed by atoms with E-state index in [0.717, 1.165) is 0 Å². The quantitative estimate of drug-likeness (QED) is 0.677. The average Bonchev–Trinajstić information content (AvgIpc) is 2.13. The molecular weight excluding hydrogens is 170 g/mol. The monoisotopic (exact) mass is 175 g/mol. The lowest BCUT2D eigenvalue weighted by molar-refractivity contribution is 0.726. The number of thiocarbonyl (C=S) groups is 1. The summed E-state index contributed by atoms with van der Waals surface area (Å²) >= 11 is 10.2. The van der Waals surface area contributed by atoms with Gasteiger partial charge in [-0.05, 0) is 0 Å². The number of halogens is 1. The molecule has 0 unspecified atom stereocenters. The SMILES string of the molecule is NC(=S)Cn1cc(Cl)cn1. The number of hydrogen-bond acceptors (Lipinski definition) is 2. The molecule has 2 N–H and O–H groups in total. The summed E-state index contributed by atoms with van der Waals surface area (Å²) in [4.78, 5) is 0.403. The van der Waals surface area contributed by atoms with Crippen LogP contribution in [0, 0.1) is 0 Å². The number of hydrogen-bond donors (Lipinski definition) is 1. The average molecular weight is 176 g/mol. The summed E-state index contributed by atoms with van der Waals surface area (Å²) in [6, 6.07) is 0. The van der Waals surface area contributed by atoms with Crippen molar-refractivity contribution in [1.82, 2.24) is 9.78 Å². The summed E-state index contributed by atoms with van der Waals surface area (Å²) in [7, 11) is 0. The fourth-order valence-corrected chi connectivity index (χ4v) is 0.873. The minimum atomic E-state index is 0.403. The second kappa shape index (κ2) is 2.98. The van der Waals surface area contributed by atoms with Gasteiger partial charge in [0.2, 0.25) is 0 Å². The molecule has 0 saturated heterocycles. The molecule has 0 amide bonds. The summed E-state index contributed by atoms with van der Waals surface area (Å²) in [6.45, 7) is 0.446. The minimum Gasteiger partial charge on any atom is -0.392 e. The number of rotatable bonds is 2. The number of nitrogens with two attached hydrogens (primary N) is 1. The molecule has 0 saturated carbocycles. The van der Waals surface area contributed by atoms with Gasteiger partial charge in [-0.1, -0.05) is 23.8 Å². The van der Waals surface area contributed by atoms with Crippen LogP contribution < -0.4 is 5.73 Å². The van der Waals surface area contributed by atoms with Crippen molar-refractivity contribution in [2.75, 3.05) is 0 Å². The first-order chi connectivity index (χ1) is 4.68. The van der Waals surface area contributed by atoms with Gasteiger partial charge in [0.25, 0.3) is 0 Å². The molecule has 0 aromatic carbocycles. The molecule has 0 radical (unpaired) electrons. The van der Waals surface area contributed by atoms with Crippen LogP contribution in [0.25, 0.3) is 0 Å². The predicted octanol–water partition coefficient (Wildman–Crippen LogP) is 0.823. The zero-order valence-electron chi connectivity index (χ0n) is 5.12. The van der Waals surface area contributed by atoms with Crippen LogP contribution in [0.15, 0.2) is 12.4 Å². The van der Waals surface area contributed by atoms with Crippen molar-refractivity contribution in [3.05, 3.63) is 17.4 Å². The van der Waals surface area contributed by atoms with E-state index in [1.807, 2.05) is 0 Å². The molecule has 0 fully saturated rings. The summed E-state index contributed by atoms with van der Waals surface area (Å²) in [6.07, 6.45) is 3.21. The first-order valence-corrected chi connectivity index (χ1v) is 3.43. The zero-order chi connectivity index (χ0) is 7.56. The Labute approximate surface area is 68.8 Å². The van der Waals surface area contributed by atoms with E-state index in [9.17, 15) is 0 Å². The highest BCUT2D eigenvalue weighted by molar-refractivity contribution is 7.80. The molecule has 0 aliphatic rings. The van der Waals surface area contributed by atoms with Crippen LogP contribution in [-0.2, 0) is 6.54 Å². The molecule has 0 atom stereocenters. The Morgan fingerprint density at radius 1 is 1.90 bits per heavy atom. The number of nitrogens with zero attached hydrogens (tertiary/aromatic N) is 2. The maximum Gasteiger partial charge on any atom is 0.0945 e. The van der Waals surface area contributed by atoms with E-state index < -0.39 is 0 Å². The molecule has 0 aliphatic carbocycles. The van der Waals surface area contributed by atoms with Gasteiger partial charge in [-0.15, -0.1) is 0 Å². The fourth-order valence-electron chi connectivity index (χ4n) is 0.584. The van der Waals surface area contributed by atoms with Crippen molar-refractivity contribution in [3.63, 3.8) is 0 Å². The van der Waals surface area contributed by atoms with E-state index in [0.29, 0.717) is 16.6 Å². The Morgan fingerprint density at radius 3 is 3.00 bits per heavy atom. The van der Waals surface area contributed by atoms with Crippen LogP contribution in [0.5, 0.6) is 0 Å². The van der Waals surface area contributed by atoms with E-state index in [4.69, 9.17) is 17.3 Å². The molecule has 1 aromatic rings. The van der Waals surface area contributed by atoms with Crippen molar-refractivity contribution in [1.29, 1.82) is 0 Å². The van der Waals surface area contributed by atoms with E-state index in [2.05, 4.69) is 17.3 Å². The maximum atomic E-state index is 5.58. The number of aromatic nitrogens is 2. The van der Waals surface area contributed by atoms with Gasteiger partial charge >= 0.3 is 0 Å². The largest absolute Gasteiger partial charge is 0.392 e. The standard InChI is InChI=1S/C5H6ClN3S/c6-4-1-8-9(2-4)3-5(7)10/h1-2H,3H2,(H2,7,10). The van der Waals surface area contributed by atoms with Crippen LogP contribution in [0.2, 0.25) is 5.02 Å². The van der Waals surface area contributed by atoms with Crippen LogP contribution in [-0.4, -0.2) is 14.8 Å². The van der Waals surface area contributed by atoms with Crippen LogP contribution in [0.1, 0.15) is 0 Å². The summed E-state index contributed by atoms with van der Waals surface area (Å²) in [5, 5.41) is 4.47. The van der Waals surface area contributed by atoms with Gasteiger partial charge in [0.1, 0.15) is 0 Å². The molecular formula is C5H6ClN3S. The third-order valence-corrected chi connectivity index (χ3v) is 1.24. The lowest BCUT2D eigenvalue weighted by Crippen LogP contribution is -2.16. The van der Waals surface area contributed by atoms with Gasteiger partial charge in [0.15, 0.2) is 0 Å². The van der Waals surface area contributed by atoms with Gasteiger partial charge in [-0.25, -0.2) is 0 Å². The third kappa shape index (κ3) is 1.97. The zero-order valence-corrected chi connectivity index (χ0v) is 6.69. The molecule has 1 aromatic heterocycles. The third-order valence-electron chi connectivity index (χ3n) is 0.920. The molecule has 3 nitrogen and oxygen atoms in total. The Morgan fingerprint density at radius 2 is 2.60 bits per heavy atom. The molecule has 5 heteroatoms. The van der Waals surface area contributed by atoms with E-state index >= 15 is 0 Å². The first-order valence-electron chi connectivity index (χ1n) is 2.65. The molecule has 54 valence electrons. The van der Waals surface area contributed by atoms with E-state index in [1.54, 1.807) is 17.1 Å². The highest BCUT2D eigenvalue weighted by Gasteiger charge is 1.94. The normalized spacial score (nSPS) is 9.70. The van der Waals surface area contributed by atoms with Gasteiger partial charge in [-0.2, -0.15) is 5.10 Å². The second-order valence-electron chi connectivity index (χ2n) is 1.82. The molecule has 0 spiro atoms. The molecule has 0 aliphatic heterocycles. The van der Waals surface area contributed by atoms with Crippen LogP contribution in [0.4, 0.5) is 0 Å². The highest BCUT2D eigenvalue weighted by Crippen LogP contribution is 2.03. The van der Waals surface area contributed by atoms with Gasteiger partial charge < -0.3 is 5.73 Å². The Hall–Kier alpha value is -0.610. The fraction of sp³-hybridized carbons (Fsp3) is 0.200. The maximum absolute atomic E-state index is 5.58. The van der Waals surface area contributed by atoms with Crippen LogP contribution in [0.3, 0.4) is 0 Å². The Balaban J connectivity index is 2.67. The molecule has 1 heterocycles. The second-order valence-corrected chi connectivity index (χ2v) is 2.78. The summed E-state index contributed by atoms with van der Waals surface area (Å²) in [5.41, 5.74) is 5.26. The Kier molecular flexibility index (Phi) is 2.24. The lowest BCUT2D eigenvalue weighted by atomic mass is 10.6.